The molecule has 3 atom stereocenters. The summed E-state index contributed by atoms with van der Waals surface area (Å²) in [7, 11) is 5.41. The van der Waals surface area contributed by atoms with Crippen molar-refractivity contribution in [3.8, 4) is 0 Å². The fourth-order valence-electron chi connectivity index (χ4n) is 2.75. The minimum absolute atomic E-state index is 0. The van der Waals surface area contributed by atoms with Gasteiger partial charge in [-0.2, -0.15) is 5.10 Å². The zero-order valence-electron chi connectivity index (χ0n) is 13.1. The number of carbonyl (C=O) groups excluding carboxylic acids is 1. The van der Waals surface area contributed by atoms with Gasteiger partial charge in [-0.1, -0.05) is 0 Å². The van der Waals surface area contributed by atoms with Gasteiger partial charge in [-0.25, -0.2) is 0 Å². The average molecular weight is 317 g/mol. The minimum Gasteiger partial charge on any atom is -0.383 e. The van der Waals surface area contributed by atoms with Crippen LogP contribution in [0.1, 0.15) is 18.4 Å². The summed E-state index contributed by atoms with van der Waals surface area (Å²) in [5, 5.41) is 7.53. The lowest BCUT2D eigenvalue weighted by Gasteiger charge is -2.28. The second-order valence-electron chi connectivity index (χ2n) is 5.57. The number of hydrogen-bond donors (Lipinski definition) is 1. The van der Waals surface area contributed by atoms with E-state index in [0.29, 0.717) is 6.61 Å². The van der Waals surface area contributed by atoms with Crippen LogP contribution >= 0.6 is 12.4 Å². The number of rotatable bonds is 5. The van der Waals surface area contributed by atoms with Crippen LogP contribution < -0.4 is 5.32 Å². The molecule has 0 spiro atoms. The smallest absolute Gasteiger partial charge is 0.227 e. The number of halogens is 1. The summed E-state index contributed by atoms with van der Waals surface area (Å²) in [5.41, 5.74) is 1.13. The largest absolute Gasteiger partial charge is 0.383 e. The van der Waals surface area contributed by atoms with Gasteiger partial charge in [0.2, 0.25) is 5.91 Å². The number of nitrogens with zero attached hydrogens (tertiary/aromatic N) is 3. The first-order valence-electron chi connectivity index (χ1n) is 6.99. The molecule has 21 heavy (non-hydrogen) atoms. The van der Waals surface area contributed by atoms with E-state index in [-0.39, 0.29) is 36.2 Å². The maximum atomic E-state index is 12.7. The van der Waals surface area contributed by atoms with Crippen molar-refractivity contribution in [2.24, 2.45) is 13.0 Å². The van der Waals surface area contributed by atoms with Gasteiger partial charge in [0, 0.05) is 46.4 Å². The van der Waals surface area contributed by atoms with E-state index in [4.69, 9.17) is 4.74 Å². The Hall–Kier alpha value is -1.11. The second kappa shape index (κ2) is 7.77. The number of carbonyl (C=O) groups is 1. The molecule has 1 unspecified atom stereocenters. The zero-order valence-corrected chi connectivity index (χ0v) is 13.9. The van der Waals surface area contributed by atoms with Crippen molar-refractivity contribution >= 4 is 18.3 Å². The minimum atomic E-state index is -0.0245. The standard InChI is InChI=1S/C14H24N4O2.ClH/c1-10(9-20-4)18(3)14(19)13-7-15-6-12(13)11-5-16-17(2)8-11;/h5,8,10,12-13,15H,6-7,9H2,1-4H3;1H/t10?,12-,13+;/m1./s1. The quantitative estimate of drug-likeness (QED) is 0.866. The molecule has 0 radical (unpaired) electrons. The third-order valence-electron chi connectivity index (χ3n) is 4.10. The molecule has 1 aliphatic rings. The van der Waals surface area contributed by atoms with Crippen molar-refractivity contribution in [2.45, 2.75) is 18.9 Å². The summed E-state index contributed by atoms with van der Waals surface area (Å²) >= 11 is 0. The number of methoxy groups -OCH3 is 1. The van der Waals surface area contributed by atoms with Crippen molar-refractivity contribution in [3.05, 3.63) is 18.0 Å². The summed E-state index contributed by atoms with van der Waals surface area (Å²) < 4.78 is 6.91. The molecule has 0 aromatic carbocycles. The molecule has 1 saturated heterocycles. The molecule has 1 N–H and O–H groups in total. The van der Waals surface area contributed by atoms with Crippen LogP contribution in [0.4, 0.5) is 0 Å². The average Bonchev–Trinajstić information content (AvgIpc) is 3.05. The third kappa shape index (κ3) is 3.96. The Kier molecular flexibility index (Phi) is 6.64. The Balaban J connectivity index is 0.00000220. The van der Waals surface area contributed by atoms with E-state index in [1.807, 2.05) is 33.4 Å². The zero-order chi connectivity index (χ0) is 14.7. The molecule has 1 amide bonds. The van der Waals surface area contributed by atoms with Gasteiger partial charge < -0.3 is 15.0 Å². The molecule has 0 aliphatic carbocycles. The predicted molar refractivity (Wildman–Crippen MR) is 83.7 cm³/mol. The highest BCUT2D eigenvalue weighted by Crippen LogP contribution is 2.29. The van der Waals surface area contributed by atoms with E-state index < -0.39 is 0 Å². The number of nitrogens with one attached hydrogen (secondary N) is 1. The molecule has 1 aromatic rings. The van der Waals surface area contributed by atoms with Crippen LogP contribution in [0, 0.1) is 5.92 Å². The van der Waals surface area contributed by atoms with Gasteiger partial charge in [-0.3, -0.25) is 9.48 Å². The Morgan fingerprint density at radius 2 is 2.33 bits per heavy atom. The summed E-state index contributed by atoms with van der Waals surface area (Å²) in [6, 6.07) is 0.0858. The molecule has 120 valence electrons. The summed E-state index contributed by atoms with van der Waals surface area (Å²) in [6.07, 6.45) is 3.85. The maximum Gasteiger partial charge on any atom is 0.227 e. The lowest BCUT2D eigenvalue weighted by molar-refractivity contribution is -0.136. The van der Waals surface area contributed by atoms with Gasteiger partial charge in [0.1, 0.15) is 0 Å². The fourth-order valence-corrected chi connectivity index (χ4v) is 2.75. The lowest BCUT2D eigenvalue weighted by atomic mass is 9.89. The van der Waals surface area contributed by atoms with Crippen LogP contribution in [-0.4, -0.2) is 60.5 Å². The first kappa shape index (κ1) is 17.9. The molecule has 1 aliphatic heterocycles. The highest BCUT2D eigenvalue weighted by atomic mass is 35.5. The molecule has 7 heteroatoms. The number of aryl methyl sites for hydroxylation is 1. The second-order valence-corrected chi connectivity index (χ2v) is 5.57. The molecular weight excluding hydrogens is 292 g/mol. The first-order chi connectivity index (χ1) is 9.54. The molecule has 1 fully saturated rings. The van der Waals surface area contributed by atoms with Crippen LogP contribution in [0.15, 0.2) is 12.4 Å². The van der Waals surface area contributed by atoms with Crippen LogP contribution in [0.5, 0.6) is 0 Å². The van der Waals surface area contributed by atoms with Crippen molar-refractivity contribution < 1.29 is 9.53 Å². The molecule has 2 rings (SSSR count). The number of hydrogen-bond acceptors (Lipinski definition) is 4. The Bertz CT molecular complexity index is 466. The molecule has 0 bridgehead atoms. The van der Waals surface area contributed by atoms with Gasteiger partial charge in [0.15, 0.2) is 0 Å². The monoisotopic (exact) mass is 316 g/mol. The van der Waals surface area contributed by atoms with E-state index in [1.54, 1.807) is 16.7 Å². The predicted octanol–water partition coefficient (Wildman–Crippen LogP) is 0.638. The number of ether oxygens (including phenoxy) is 1. The van der Waals surface area contributed by atoms with Crippen molar-refractivity contribution in [3.63, 3.8) is 0 Å². The Morgan fingerprint density at radius 3 is 2.90 bits per heavy atom. The van der Waals surface area contributed by atoms with Crippen molar-refractivity contribution in [1.29, 1.82) is 0 Å². The van der Waals surface area contributed by atoms with Crippen molar-refractivity contribution in [1.82, 2.24) is 20.0 Å². The molecule has 0 saturated carbocycles. The highest BCUT2D eigenvalue weighted by Gasteiger charge is 2.37. The van der Waals surface area contributed by atoms with Crippen LogP contribution in [0.3, 0.4) is 0 Å². The number of likely N-dealkylation sites (N-methyl/N-ethyl adjacent to an activating group) is 1. The van der Waals surface area contributed by atoms with E-state index >= 15 is 0 Å². The Labute approximate surface area is 132 Å². The lowest BCUT2D eigenvalue weighted by Crippen LogP contribution is -2.43. The van der Waals surface area contributed by atoms with Gasteiger partial charge in [-0.15, -0.1) is 12.4 Å². The van der Waals surface area contributed by atoms with Gasteiger partial charge >= 0.3 is 0 Å². The van der Waals surface area contributed by atoms with Gasteiger partial charge in [0.05, 0.1) is 24.8 Å². The summed E-state index contributed by atoms with van der Waals surface area (Å²) in [6.45, 7) is 4.11. The maximum absolute atomic E-state index is 12.7. The van der Waals surface area contributed by atoms with E-state index in [2.05, 4.69) is 10.4 Å². The van der Waals surface area contributed by atoms with Crippen LogP contribution in [0.2, 0.25) is 0 Å². The Morgan fingerprint density at radius 1 is 1.62 bits per heavy atom. The number of amides is 1. The van der Waals surface area contributed by atoms with Crippen LogP contribution in [0.25, 0.3) is 0 Å². The third-order valence-corrected chi connectivity index (χ3v) is 4.10. The normalized spacial score (nSPS) is 22.7. The highest BCUT2D eigenvalue weighted by molar-refractivity contribution is 5.85. The fraction of sp³-hybridized carbons (Fsp3) is 0.714. The summed E-state index contributed by atoms with van der Waals surface area (Å²) in [5.74, 6) is 0.352. The van der Waals surface area contributed by atoms with E-state index in [0.717, 1.165) is 18.7 Å². The SMILES string of the molecule is COCC(C)N(C)C(=O)[C@H]1CNC[C@@H]1c1cnn(C)c1.Cl. The van der Waals surface area contributed by atoms with Gasteiger partial charge in [0.25, 0.3) is 0 Å². The van der Waals surface area contributed by atoms with E-state index in [1.165, 1.54) is 0 Å². The molecule has 1 aromatic heterocycles. The molecular formula is C14H25ClN4O2. The summed E-state index contributed by atoms with van der Waals surface area (Å²) in [4.78, 5) is 14.5. The van der Waals surface area contributed by atoms with Crippen LogP contribution in [-0.2, 0) is 16.6 Å². The molecule has 6 nitrogen and oxygen atoms in total. The molecule has 2 heterocycles. The van der Waals surface area contributed by atoms with Crippen molar-refractivity contribution in [2.75, 3.05) is 33.9 Å². The topological polar surface area (TPSA) is 59.4 Å². The van der Waals surface area contributed by atoms with Gasteiger partial charge in [-0.05, 0) is 12.5 Å². The number of aromatic nitrogens is 2. The van der Waals surface area contributed by atoms with E-state index in [9.17, 15) is 4.79 Å². The first-order valence-corrected chi connectivity index (χ1v) is 6.99.